The van der Waals surface area contributed by atoms with E-state index in [1.807, 2.05) is 0 Å². The summed E-state index contributed by atoms with van der Waals surface area (Å²) in [7, 11) is 1.27. The number of benzene rings is 2. The minimum absolute atomic E-state index is 0.0408. The summed E-state index contributed by atoms with van der Waals surface area (Å²) < 4.78 is 27.7. The Kier molecular flexibility index (Phi) is 8.65. The molecule has 10 atom stereocenters. The van der Waals surface area contributed by atoms with E-state index in [4.69, 9.17) is 23.4 Å². The largest absolute Gasteiger partial charge is 0.507 e. The van der Waals surface area contributed by atoms with Crippen LogP contribution in [0.4, 0.5) is 0 Å². The minimum Gasteiger partial charge on any atom is -0.507 e. The number of ether oxygens (including phenoxy) is 4. The maximum atomic E-state index is 14.0. The molecule has 0 amide bonds. The first-order chi connectivity index (χ1) is 20.8. The van der Waals surface area contributed by atoms with Crippen molar-refractivity contribution in [3.05, 3.63) is 40.1 Å². The van der Waals surface area contributed by atoms with Crippen molar-refractivity contribution >= 4 is 11.0 Å². The van der Waals surface area contributed by atoms with Gasteiger partial charge in [0, 0.05) is 11.6 Å². The van der Waals surface area contributed by atoms with Crippen molar-refractivity contribution in [3.63, 3.8) is 0 Å². The monoisotopic (exact) mass is 624 g/mol. The second-order valence-electron chi connectivity index (χ2n) is 10.6. The van der Waals surface area contributed by atoms with Crippen LogP contribution in [0.2, 0.25) is 0 Å². The maximum absolute atomic E-state index is 14.0. The first kappa shape index (κ1) is 31.7. The summed E-state index contributed by atoms with van der Waals surface area (Å²) in [4.78, 5) is 14.0. The van der Waals surface area contributed by atoms with Gasteiger partial charge in [-0.1, -0.05) is 0 Å². The third-order valence-corrected chi connectivity index (χ3v) is 7.79. The SMILES string of the molecule is COc1cc(-c2oc3cc(O)c([C@@H]4O[C@H](CO)[C@@H](O)[C@H](O)[C@H]4O)c(O)c3c(=O)c2O[C@@H]2O[C@@H](C)[C@H](O)[C@@H](O)[C@H]2O)ccc1O. The topological polar surface area (TPSA) is 269 Å². The summed E-state index contributed by atoms with van der Waals surface area (Å²) in [6.45, 7) is 0.574. The number of hydrogen-bond donors (Lipinski definition) is 10. The number of aromatic hydroxyl groups is 3. The number of phenolic OH excluding ortho intramolecular Hbond substituents is 3. The minimum atomic E-state index is -1.94. The Morgan fingerprint density at radius 1 is 0.841 bits per heavy atom. The molecule has 0 aliphatic carbocycles. The Labute approximate surface area is 247 Å². The van der Waals surface area contributed by atoms with Crippen molar-refractivity contribution in [2.75, 3.05) is 13.7 Å². The quantitative estimate of drug-likeness (QED) is 0.146. The van der Waals surface area contributed by atoms with E-state index in [0.29, 0.717) is 0 Å². The van der Waals surface area contributed by atoms with Crippen LogP contribution < -0.4 is 14.9 Å². The number of phenols is 3. The van der Waals surface area contributed by atoms with Crippen LogP contribution in [0.1, 0.15) is 18.6 Å². The lowest BCUT2D eigenvalue weighted by atomic mass is 9.89. The molecular formula is C28H32O16. The predicted octanol–water partition coefficient (Wildman–Crippen LogP) is -1.69. The fourth-order valence-corrected chi connectivity index (χ4v) is 5.28. The third-order valence-electron chi connectivity index (χ3n) is 7.79. The Balaban J connectivity index is 1.72. The van der Waals surface area contributed by atoms with Gasteiger partial charge in [-0.05, 0) is 25.1 Å². The van der Waals surface area contributed by atoms with E-state index in [-0.39, 0.29) is 22.8 Å². The third kappa shape index (κ3) is 5.19. The Morgan fingerprint density at radius 2 is 1.52 bits per heavy atom. The molecule has 16 nitrogen and oxygen atoms in total. The standard InChI is InChI=1S/C28H32O16/c1-8-17(32)21(36)24(39)28(41-8)44-27-20(35)16-13(42-25(27)9-3-4-10(30)12(5-9)40-2)6-11(31)15(19(16)34)26-23(38)22(37)18(33)14(7-29)43-26/h3-6,8,14,17-18,21-24,26,28-34,36-39H,7H2,1-2H3/t8-,14+,17-,18+,21+,22-,23+,24+,26-,28-/m0/s1. The molecule has 10 N–H and O–H groups in total. The van der Waals surface area contributed by atoms with Gasteiger partial charge in [0.1, 0.15) is 71.3 Å². The van der Waals surface area contributed by atoms with Crippen molar-refractivity contribution < 1.29 is 74.4 Å². The molecule has 16 heteroatoms. The second kappa shape index (κ2) is 12.0. The molecule has 2 fully saturated rings. The molecule has 5 rings (SSSR count). The van der Waals surface area contributed by atoms with Gasteiger partial charge >= 0.3 is 0 Å². The molecule has 44 heavy (non-hydrogen) atoms. The molecule has 0 bridgehead atoms. The van der Waals surface area contributed by atoms with E-state index in [1.54, 1.807) is 0 Å². The van der Waals surface area contributed by atoms with Crippen LogP contribution >= 0.6 is 0 Å². The van der Waals surface area contributed by atoms with Gasteiger partial charge in [-0.15, -0.1) is 0 Å². The van der Waals surface area contributed by atoms with Crippen LogP contribution in [0.15, 0.2) is 33.5 Å². The molecule has 0 unspecified atom stereocenters. The van der Waals surface area contributed by atoms with Gasteiger partial charge in [-0.2, -0.15) is 0 Å². The molecule has 3 aromatic rings. The zero-order valence-electron chi connectivity index (χ0n) is 23.2. The lowest BCUT2D eigenvalue weighted by molar-refractivity contribution is -0.268. The summed E-state index contributed by atoms with van der Waals surface area (Å²) in [5.74, 6) is -3.09. The summed E-state index contributed by atoms with van der Waals surface area (Å²) in [5.41, 5.74) is -2.04. The van der Waals surface area contributed by atoms with E-state index in [1.165, 1.54) is 32.2 Å². The van der Waals surface area contributed by atoms with Gasteiger partial charge in [-0.3, -0.25) is 4.79 Å². The van der Waals surface area contributed by atoms with Crippen LogP contribution in [-0.2, 0) is 9.47 Å². The van der Waals surface area contributed by atoms with E-state index in [2.05, 4.69) is 0 Å². The van der Waals surface area contributed by atoms with E-state index in [0.717, 1.165) is 6.07 Å². The zero-order valence-corrected chi connectivity index (χ0v) is 23.2. The van der Waals surface area contributed by atoms with Gasteiger partial charge in [0.2, 0.25) is 17.5 Å². The van der Waals surface area contributed by atoms with Crippen LogP contribution in [-0.4, -0.2) is 120 Å². The summed E-state index contributed by atoms with van der Waals surface area (Å²) in [6.07, 6.45) is -16.6. The van der Waals surface area contributed by atoms with Gasteiger partial charge in [0.15, 0.2) is 17.3 Å². The fraction of sp³-hybridized carbons (Fsp3) is 0.464. The van der Waals surface area contributed by atoms with Gasteiger partial charge in [0.05, 0.1) is 25.4 Å². The van der Waals surface area contributed by atoms with Gasteiger partial charge < -0.3 is 74.4 Å². The average Bonchev–Trinajstić information content (AvgIpc) is 2.99. The average molecular weight is 625 g/mol. The molecule has 0 radical (unpaired) electrons. The number of aliphatic hydroxyl groups excluding tert-OH is 7. The molecule has 0 saturated carbocycles. The Morgan fingerprint density at radius 3 is 2.18 bits per heavy atom. The van der Waals surface area contributed by atoms with Crippen LogP contribution in [0.25, 0.3) is 22.3 Å². The summed E-state index contributed by atoms with van der Waals surface area (Å²) in [6, 6.07) is 4.71. The molecular weight excluding hydrogens is 592 g/mol. The van der Waals surface area contributed by atoms with Crippen LogP contribution in [0.3, 0.4) is 0 Å². The lowest BCUT2D eigenvalue weighted by Gasteiger charge is -2.40. The molecule has 0 spiro atoms. The highest BCUT2D eigenvalue weighted by atomic mass is 16.7. The van der Waals surface area contributed by atoms with Crippen molar-refractivity contribution in [2.24, 2.45) is 0 Å². The molecule has 240 valence electrons. The normalized spacial score (nSPS) is 32.5. The van der Waals surface area contributed by atoms with Crippen molar-refractivity contribution in [1.29, 1.82) is 0 Å². The predicted molar refractivity (Wildman–Crippen MR) is 145 cm³/mol. The molecule has 2 saturated heterocycles. The van der Waals surface area contributed by atoms with E-state index < -0.39 is 107 Å². The van der Waals surface area contributed by atoms with Crippen molar-refractivity contribution in [3.8, 4) is 40.1 Å². The summed E-state index contributed by atoms with van der Waals surface area (Å²) >= 11 is 0. The molecule has 2 aliphatic heterocycles. The molecule has 2 aliphatic rings. The van der Waals surface area contributed by atoms with Gasteiger partial charge in [0.25, 0.3) is 0 Å². The highest BCUT2D eigenvalue weighted by Gasteiger charge is 2.47. The first-order valence-corrected chi connectivity index (χ1v) is 13.4. The Hall–Kier alpha value is -3.71. The smallest absolute Gasteiger partial charge is 0.239 e. The van der Waals surface area contributed by atoms with Gasteiger partial charge in [-0.25, -0.2) is 0 Å². The number of fused-ring (bicyclic) bond motifs is 1. The van der Waals surface area contributed by atoms with E-state index in [9.17, 15) is 55.9 Å². The first-order valence-electron chi connectivity index (χ1n) is 13.4. The number of methoxy groups -OCH3 is 1. The van der Waals surface area contributed by atoms with Crippen LogP contribution in [0.5, 0.6) is 28.7 Å². The summed E-state index contributed by atoms with van der Waals surface area (Å²) in [5, 5.41) is 103. The Bertz CT molecular complexity index is 1590. The number of aliphatic hydroxyl groups is 7. The van der Waals surface area contributed by atoms with Crippen LogP contribution in [0, 0.1) is 0 Å². The number of rotatable bonds is 6. The lowest BCUT2D eigenvalue weighted by Crippen LogP contribution is -2.58. The fourth-order valence-electron chi connectivity index (χ4n) is 5.28. The number of hydrogen-bond acceptors (Lipinski definition) is 16. The molecule has 2 aromatic carbocycles. The molecule has 3 heterocycles. The maximum Gasteiger partial charge on any atom is 0.239 e. The zero-order chi connectivity index (χ0) is 32.2. The highest BCUT2D eigenvalue weighted by Crippen LogP contribution is 2.46. The molecule has 1 aromatic heterocycles. The van der Waals surface area contributed by atoms with E-state index >= 15 is 0 Å². The highest BCUT2D eigenvalue weighted by molar-refractivity contribution is 5.90. The second-order valence-corrected chi connectivity index (χ2v) is 10.6. The van der Waals surface area contributed by atoms with Crippen molar-refractivity contribution in [2.45, 2.75) is 68.1 Å². The van der Waals surface area contributed by atoms with Crippen molar-refractivity contribution in [1.82, 2.24) is 0 Å².